The minimum atomic E-state index is -4.06. The van der Waals surface area contributed by atoms with Crippen molar-refractivity contribution >= 4 is 22.1 Å². The molecule has 0 fully saturated rings. The molecule has 0 heterocycles. The molecule has 0 aliphatic carbocycles. The zero-order valence-electron chi connectivity index (χ0n) is 17.9. The van der Waals surface area contributed by atoms with Gasteiger partial charge in [-0.15, -0.1) is 0 Å². The molecule has 2 unspecified atom stereocenters. The predicted molar refractivity (Wildman–Crippen MR) is 114 cm³/mol. The average molecular weight is 450 g/mol. The summed E-state index contributed by atoms with van der Waals surface area (Å²) in [4.78, 5) is 24.5. The number of carbonyl (C=O) groups excluding carboxylic acids is 2. The van der Waals surface area contributed by atoms with E-state index in [4.69, 9.17) is 19.4 Å². The van der Waals surface area contributed by atoms with Crippen molar-refractivity contribution in [2.45, 2.75) is 49.6 Å². The minimum Gasteiger partial charge on any atom is -0.469 e. The van der Waals surface area contributed by atoms with E-state index in [0.717, 1.165) is 0 Å². The van der Waals surface area contributed by atoms with E-state index < -0.39 is 39.6 Å². The topological polar surface area (TPSA) is 122 Å². The maximum Gasteiger partial charge on any atom is 0.339 e. The second-order valence-corrected chi connectivity index (χ2v) is 9.42. The largest absolute Gasteiger partial charge is 0.469 e. The summed E-state index contributed by atoms with van der Waals surface area (Å²) in [5.41, 5.74) is 5.80. The second kappa shape index (κ2) is 9.93. The molecule has 2 aromatic rings. The molecule has 0 spiro atoms. The molecule has 2 rings (SSSR count). The molecule has 0 amide bonds. The molecule has 0 aliphatic rings. The van der Waals surface area contributed by atoms with E-state index in [0.29, 0.717) is 5.56 Å². The van der Waals surface area contributed by atoms with Crippen LogP contribution in [-0.2, 0) is 29.2 Å². The Labute approximate surface area is 182 Å². The molecule has 31 heavy (non-hydrogen) atoms. The van der Waals surface area contributed by atoms with Gasteiger partial charge in [-0.2, -0.15) is 8.42 Å². The molecule has 2 N–H and O–H groups in total. The van der Waals surface area contributed by atoms with Gasteiger partial charge in [0.1, 0.15) is 22.3 Å². The second-order valence-electron chi connectivity index (χ2n) is 7.87. The number of benzene rings is 2. The highest BCUT2D eigenvalue weighted by atomic mass is 32.2. The molecular weight excluding hydrogens is 422 g/mol. The highest BCUT2D eigenvalue weighted by Crippen LogP contribution is 2.29. The Morgan fingerprint density at radius 3 is 2.26 bits per heavy atom. The first kappa shape index (κ1) is 24.4. The molecule has 2 atom stereocenters. The van der Waals surface area contributed by atoms with Crippen LogP contribution in [0.5, 0.6) is 5.75 Å². The Kier molecular flexibility index (Phi) is 7.80. The van der Waals surface area contributed by atoms with E-state index in [1.807, 2.05) is 0 Å². The summed E-state index contributed by atoms with van der Waals surface area (Å²) >= 11 is 0. The molecule has 168 valence electrons. The van der Waals surface area contributed by atoms with Crippen molar-refractivity contribution in [3.05, 3.63) is 60.2 Å². The number of hydrogen-bond acceptors (Lipinski definition) is 8. The maximum absolute atomic E-state index is 12.5. The highest BCUT2D eigenvalue weighted by Gasteiger charge is 2.32. The smallest absolute Gasteiger partial charge is 0.339 e. The predicted octanol–water partition coefficient (Wildman–Crippen LogP) is 2.77. The van der Waals surface area contributed by atoms with Gasteiger partial charge >= 0.3 is 22.1 Å². The van der Waals surface area contributed by atoms with E-state index in [-0.39, 0.29) is 17.1 Å². The van der Waals surface area contributed by atoms with Gasteiger partial charge in [0, 0.05) is 5.92 Å². The first-order valence-electron chi connectivity index (χ1n) is 9.57. The Morgan fingerprint density at radius 1 is 1.03 bits per heavy atom. The Bertz CT molecular complexity index is 1010. The van der Waals surface area contributed by atoms with Gasteiger partial charge in [-0.3, -0.25) is 9.59 Å². The van der Waals surface area contributed by atoms with Crippen molar-refractivity contribution < 1.29 is 31.7 Å². The number of esters is 2. The van der Waals surface area contributed by atoms with Crippen LogP contribution in [0.4, 0.5) is 0 Å². The molecule has 0 saturated carbocycles. The molecule has 8 nitrogen and oxygen atoms in total. The number of ether oxygens (including phenoxy) is 2. The third-order valence-corrected chi connectivity index (χ3v) is 5.51. The summed E-state index contributed by atoms with van der Waals surface area (Å²) in [7, 11) is -2.83. The number of hydrogen-bond donors (Lipinski definition) is 1. The first-order valence-corrected chi connectivity index (χ1v) is 11.0. The highest BCUT2D eigenvalue weighted by molar-refractivity contribution is 7.87. The van der Waals surface area contributed by atoms with Crippen LogP contribution in [0.15, 0.2) is 59.5 Å². The van der Waals surface area contributed by atoms with Gasteiger partial charge in [0.2, 0.25) is 0 Å². The summed E-state index contributed by atoms with van der Waals surface area (Å²) in [6.45, 7) is 5.11. The van der Waals surface area contributed by atoms with Crippen LogP contribution in [0, 0.1) is 0 Å². The van der Waals surface area contributed by atoms with Crippen LogP contribution in [0.1, 0.15) is 38.7 Å². The summed E-state index contributed by atoms with van der Waals surface area (Å²) < 4.78 is 40.3. The maximum atomic E-state index is 12.5. The van der Waals surface area contributed by atoms with Gasteiger partial charge in [-0.25, -0.2) is 0 Å². The molecular formula is C22H27NO7S. The number of methoxy groups -OCH3 is 1. The average Bonchev–Trinajstić information content (AvgIpc) is 2.70. The Morgan fingerprint density at radius 2 is 1.68 bits per heavy atom. The standard InChI is InChI=1S/C22H27NO7S/c1-22(2,3)29-21(25)20(23)18(14-19(24)28-4)15-9-8-10-16(13-15)30-31(26,27)17-11-6-5-7-12-17/h5-13,18,20H,14,23H2,1-4H3. The fourth-order valence-electron chi connectivity index (χ4n) is 2.81. The Balaban J connectivity index is 2.34. The van der Waals surface area contributed by atoms with Gasteiger partial charge in [-0.1, -0.05) is 30.3 Å². The zero-order chi connectivity index (χ0) is 23.2. The van der Waals surface area contributed by atoms with Crippen LogP contribution < -0.4 is 9.92 Å². The van der Waals surface area contributed by atoms with Gasteiger partial charge in [-0.05, 0) is 50.6 Å². The Hall–Kier alpha value is -2.91. The van der Waals surface area contributed by atoms with Crippen LogP contribution in [0.2, 0.25) is 0 Å². The van der Waals surface area contributed by atoms with E-state index in [1.54, 1.807) is 51.1 Å². The van der Waals surface area contributed by atoms with Crippen LogP contribution in [0.25, 0.3) is 0 Å². The molecule has 2 aromatic carbocycles. The van der Waals surface area contributed by atoms with Crippen molar-refractivity contribution in [1.29, 1.82) is 0 Å². The normalized spacial score (nSPS) is 13.7. The van der Waals surface area contributed by atoms with Gasteiger partial charge in [0.25, 0.3) is 0 Å². The molecule has 0 radical (unpaired) electrons. The molecule has 0 aliphatic heterocycles. The summed E-state index contributed by atoms with van der Waals surface area (Å²) in [5, 5.41) is 0. The van der Waals surface area contributed by atoms with Crippen LogP contribution in [0.3, 0.4) is 0 Å². The minimum absolute atomic E-state index is 0.00281. The monoisotopic (exact) mass is 449 g/mol. The third kappa shape index (κ3) is 7.08. The number of carbonyl (C=O) groups is 2. The van der Waals surface area contributed by atoms with Gasteiger partial charge in [0.15, 0.2) is 0 Å². The summed E-state index contributed by atoms with van der Waals surface area (Å²) in [6, 6.07) is 12.6. The van der Waals surface area contributed by atoms with Crippen molar-refractivity contribution in [3.8, 4) is 5.75 Å². The van der Waals surface area contributed by atoms with Crippen molar-refractivity contribution in [2.75, 3.05) is 7.11 Å². The number of rotatable bonds is 8. The quantitative estimate of drug-likeness (QED) is 0.482. The van der Waals surface area contributed by atoms with Crippen molar-refractivity contribution in [3.63, 3.8) is 0 Å². The van der Waals surface area contributed by atoms with E-state index in [2.05, 4.69) is 0 Å². The SMILES string of the molecule is COC(=O)CC(c1cccc(OS(=O)(=O)c2ccccc2)c1)C(N)C(=O)OC(C)(C)C. The van der Waals surface area contributed by atoms with Crippen molar-refractivity contribution in [2.24, 2.45) is 5.73 Å². The third-order valence-electron chi connectivity index (χ3n) is 4.25. The van der Waals surface area contributed by atoms with E-state index in [9.17, 15) is 18.0 Å². The lowest BCUT2D eigenvalue weighted by Gasteiger charge is -2.27. The summed E-state index contributed by atoms with van der Waals surface area (Å²) in [6.07, 6.45) is -0.203. The fourth-order valence-corrected chi connectivity index (χ4v) is 3.75. The lowest BCUT2D eigenvalue weighted by atomic mass is 9.88. The molecule has 0 saturated heterocycles. The van der Waals surface area contributed by atoms with E-state index in [1.165, 1.54) is 31.4 Å². The van der Waals surface area contributed by atoms with E-state index >= 15 is 0 Å². The zero-order valence-corrected chi connectivity index (χ0v) is 18.7. The fraction of sp³-hybridized carbons (Fsp3) is 0.364. The molecule has 0 aromatic heterocycles. The van der Waals surface area contributed by atoms with Gasteiger partial charge < -0.3 is 19.4 Å². The number of nitrogens with two attached hydrogens (primary N) is 1. The van der Waals surface area contributed by atoms with Crippen molar-refractivity contribution in [1.82, 2.24) is 0 Å². The first-order chi connectivity index (χ1) is 14.4. The van der Waals surface area contributed by atoms with Crippen LogP contribution in [-0.4, -0.2) is 39.1 Å². The molecule has 0 bridgehead atoms. The van der Waals surface area contributed by atoms with Gasteiger partial charge in [0.05, 0.1) is 13.5 Å². The lowest BCUT2D eigenvalue weighted by molar-refractivity contribution is -0.157. The lowest BCUT2D eigenvalue weighted by Crippen LogP contribution is -2.42. The molecule has 9 heteroatoms. The summed E-state index contributed by atoms with van der Waals surface area (Å²) in [5.74, 6) is -2.06. The van der Waals surface area contributed by atoms with Crippen LogP contribution >= 0.6 is 0 Å².